The lowest BCUT2D eigenvalue weighted by Crippen LogP contribution is -2.55. The van der Waals surface area contributed by atoms with Crippen LogP contribution in [0.1, 0.15) is 47.0 Å². The minimum Gasteiger partial charge on any atom is -0.368 e. The Morgan fingerprint density at radius 3 is 2.33 bits per heavy atom. The normalized spacial score (nSPS) is 18.9. The maximum atomic E-state index is 3.14. The first kappa shape index (κ1) is 13.7. The van der Waals surface area contributed by atoms with E-state index in [2.05, 4.69) is 57.1 Å². The summed E-state index contributed by atoms with van der Waals surface area (Å²) < 4.78 is 0. The highest BCUT2D eigenvalue weighted by Crippen LogP contribution is 2.42. The van der Waals surface area contributed by atoms with Gasteiger partial charge in [0.15, 0.2) is 7.28 Å². The average molecular weight is 245 g/mol. The van der Waals surface area contributed by atoms with E-state index in [1.54, 1.807) is 0 Å². The average Bonchev–Trinajstić information content (AvgIpc) is 2.82. The van der Waals surface area contributed by atoms with Crippen molar-refractivity contribution in [2.24, 2.45) is 0 Å². The van der Waals surface area contributed by atoms with Crippen molar-refractivity contribution in [3.05, 3.63) is 18.5 Å². The van der Waals surface area contributed by atoms with Crippen molar-refractivity contribution in [1.29, 1.82) is 0 Å². The second-order valence-electron chi connectivity index (χ2n) is 6.62. The lowest BCUT2D eigenvalue weighted by Gasteiger charge is -2.51. The molecule has 1 saturated heterocycles. The molecule has 18 heavy (non-hydrogen) atoms. The molecule has 1 aromatic rings. The second kappa shape index (κ2) is 5.12. The predicted octanol–water partition coefficient (Wildman–Crippen LogP) is 2.81. The molecule has 0 unspecified atom stereocenters. The quantitative estimate of drug-likeness (QED) is 0.808. The highest BCUT2D eigenvalue weighted by atomic mass is 15.2. The monoisotopic (exact) mass is 245 g/mol. The first-order valence-corrected chi connectivity index (χ1v) is 7.17. The van der Waals surface area contributed by atoms with E-state index in [-0.39, 0.29) is 10.9 Å². The van der Waals surface area contributed by atoms with Crippen molar-refractivity contribution < 1.29 is 0 Å². The first-order chi connectivity index (χ1) is 8.43. The Labute approximate surface area is 112 Å². The van der Waals surface area contributed by atoms with Gasteiger partial charge >= 0.3 is 0 Å². The Morgan fingerprint density at radius 2 is 1.78 bits per heavy atom. The Hall–Kier alpha value is -0.695. The minimum atomic E-state index is 0.159. The van der Waals surface area contributed by atoms with Gasteiger partial charge in [-0.3, -0.25) is 4.90 Å². The highest BCUT2D eigenvalue weighted by Gasteiger charge is 2.42. The molecule has 2 rings (SSSR count). The molecule has 1 aromatic heterocycles. The molecule has 0 amide bonds. The van der Waals surface area contributed by atoms with Crippen molar-refractivity contribution in [1.82, 2.24) is 9.88 Å². The number of aromatic amines is 1. The summed E-state index contributed by atoms with van der Waals surface area (Å²) >= 11 is 0. The van der Waals surface area contributed by atoms with Gasteiger partial charge in [-0.15, -0.1) is 0 Å². The Kier molecular flexibility index (Phi) is 3.91. The third-order valence-electron chi connectivity index (χ3n) is 4.87. The van der Waals surface area contributed by atoms with Crippen LogP contribution in [0.25, 0.3) is 0 Å². The van der Waals surface area contributed by atoms with Crippen molar-refractivity contribution in [2.45, 2.75) is 57.8 Å². The van der Waals surface area contributed by atoms with Crippen molar-refractivity contribution in [2.75, 3.05) is 13.1 Å². The van der Waals surface area contributed by atoms with Crippen LogP contribution in [0.3, 0.4) is 0 Å². The van der Waals surface area contributed by atoms with Gasteiger partial charge in [0.1, 0.15) is 0 Å². The van der Waals surface area contributed by atoms with Crippen LogP contribution in [-0.2, 0) is 0 Å². The predicted molar refractivity (Wildman–Crippen MR) is 79.7 cm³/mol. The summed E-state index contributed by atoms with van der Waals surface area (Å²) in [7, 11) is 2.40. The summed E-state index contributed by atoms with van der Waals surface area (Å²) in [4.78, 5) is 5.80. The third-order valence-corrected chi connectivity index (χ3v) is 4.87. The van der Waals surface area contributed by atoms with Gasteiger partial charge in [-0.05, 0) is 57.5 Å². The van der Waals surface area contributed by atoms with Crippen LogP contribution in [0.2, 0.25) is 5.31 Å². The minimum absolute atomic E-state index is 0.159. The van der Waals surface area contributed by atoms with E-state index in [1.807, 2.05) is 6.20 Å². The number of nitrogens with one attached hydrogen (secondary N) is 1. The zero-order valence-electron chi connectivity index (χ0n) is 12.3. The van der Waals surface area contributed by atoms with Gasteiger partial charge < -0.3 is 4.98 Å². The Bertz CT molecular complexity index is 362. The molecule has 1 aliphatic rings. The molecule has 2 nitrogen and oxygen atoms in total. The molecule has 0 saturated carbocycles. The van der Waals surface area contributed by atoms with Gasteiger partial charge in [0, 0.05) is 5.54 Å². The van der Waals surface area contributed by atoms with E-state index < -0.39 is 0 Å². The highest BCUT2D eigenvalue weighted by molar-refractivity contribution is 6.57. The zero-order chi connectivity index (χ0) is 13.2. The number of hydrogen-bond acceptors (Lipinski definition) is 1. The smallest absolute Gasteiger partial charge is 0.162 e. The summed E-state index contributed by atoms with van der Waals surface area (Å²) in [5, 5.41) is 0.159. The molecule has 0 spiro atoms. The molecular formula is C15H26BN2. The molecule has 0 aliphatic carbocycles. The fourth-order valence-electron chi connectivity index (χ4n) is 2.88. The van der Waals surface area contributed by atoms with Gasteiger partial charge in [0.05, 0.1) is 0 Å². The van der Waals surface area contributed by atoms with Crippen molar-refractivity contribution in [3.63, 3.8) is 0 Å². The van der Waals surface area contributed by atoms with Gasteiger partial charge in [0.2, 0.25) is 0 Å². The van der Waals surface area contributed by atoms with Crippen LogP contribution in [-0.4, -0.2) is 35.8 Å². The molecule has 0 aromatic carbocycles. The van der Waals surface area contributed by atoms with Crippen LogP contribution in [0.15, 0.2) is 18.5 Å². The van der Waals surface area contributed by atoms with Crippen molar-refractivity contribution in [3.8, 4) is 0 Å². The first-order valence-electron chi connectivity index (χ1n) is 7.17. The van der Waals surface area contributed by atoms with Crippen LogP contribution >= 0.6 is 0 Å². The Morgan fingerprint density at radius 1 is 1.11 bits per heavy atom. The van der Waals surface area contributed by atoms with E-state index in [0.29, 0.717) is 0 Å². The number of nitrogens with zero attached hydrogens (tertiary/aromatic N) is 1. The van der Waals surface area contributed by atoms with Crippen LogP contribution in [0, 0.1) is 0 Å². The van der Waals surface area contributed by atoms with E-state index in [4.69, 9.17) is 0 Å². The SMILES string of the molecule is CC(C)([B]c1cc[nH]c1)C(C)(C)N1CCCCC1. The summed E-state index contributed by atoms with van der Waals surface area (Å²) in [5.74, 6) is 0. The van der Waals surface area contributed by atoms with Gasteiger partial charge in [-0.25, -0.2) is 0 Å². The van der Waals surface area contributed by atoms with Crippen LogP contribution < -0.4 is 5.46 Å². The molecule has 3 heteroatoms. The molecule has 1 aliphatic heterocycles. The van der Waals surface area contributed by atoms with E-state index >= 15 is 0 Å². The fraction of sp³-hybridized carbons (Fsp3) is 0.733. The standard InChI is InChI=1S/C15H26BN2/c1-14(2,16-13-8-9-17-12-13)15(3,4)18-10-6-5-7-11-18/h8-9,12,17H,5-7,10-11H2,1-4H3. The summed E-state index contributed by atoms with van der Waals surface area (Å²) in [6, 6.07) is 2.15. The largest absolute Gasteiger partial charge is 0.368 e. The maximum Gasteiger partial charge on any atom is 0.162 e. The van der Waals surface area contributed by atoms with Crippen molar-refractivity contribution >= 4 is 12.7 Å². The molecule has 1 N–H and O–H groups in total. The number of likely N-dealkylation sites (tertiary alicyclic amines) is 1. The maximum absolute atomic E-state index is 3.14. The fourth-order valence-corrected chi connectivity index (χ4v) is 2.88. The molecule has 1 fully saturated rings. The number of H-pyrrole nitrogens is 1. The van der Waals surface area contributed by atoms with E-state index in [9.17, 15) is 0 Å². The lowest BCUT2D eigenvalue weighted by atomic mass is 9.44. The van der Waals surface area contributed by atoms with E-state index in [0.717, 1.165) is 0 Å². The molecule has 99 valence electrons. The van der Waals surface area contributed by atoms with Crippen LogP contribution in [0.4, 0.5) is 0 Å². The molecular weight excluding hydrogens is 219 g/mol. The summed E-state index contributed by atoms with van der Waals surface area (Å²) in [5.41, 5.74) is 1.50. The summed E-state index contributed by atoms with van der Waals surface area (Å²) in [6.45, 7) is 12.0. The summed E-state index contributed by atoms with van der Waals surface area (Å²) in [6.07, 6.45) is 8.17. The molecule has 1 radical (unpaired) electrons. The second-order valence-corrected chi connectivity index (χ2v) is 6.62. The topological polar surface area (TPSA) is 19.0 Å². The van der Waals surface area contributed by atoms with Gasteiger partial charge in [0.25, 0.3) is 0 Å². The molecule has 2 heterocycles. The van der Waals surface area contributed by atoms with Gasteiger partial charge in [-0.2, -0.15) is 0 Å². The van der Waals surface area contributed by atoms with Gasteiger partial charge in [-0.1, -0.05) is 31.8 Å². The number of rotatable bonds is 4. The zero-order valence-corrected chi connectivity index (χ0v) is 12.3. The number of hydrogen-bond donors (Lipinski definition) is 1. The van der Waals surface area contributed by atoms with Crippen LogP contribution in [0.5, 0.6) is 0 Å². The number of piperidine rings is 1. The Balaban J connectivity index is 2.10. The third kappa shape index (κ3) is 2.66. The number of aromatic nitrogens is 1. The molecule has 0 atom stereocenters. The van der Waals surface area contributed by atoms with E-state index in [1.165, 1.54) is 37.8 Å². The molecule has 0 bridgehead atoms. The lowest BCUT2D eigenvalue weighted by molar-refractivity contribution is 0.0644.